The summed E-state index contributed by atoms with van der Waals surface area (Å²) in [5.41, 5.74) is 0.155. The van der Waals surface area contributed by atoms with E-state index in [2.05, 4.69) is 4.74 Å². The van der Waals surface area contributed by atoms with Crippen LogP contribution in [0.5, 0.6) is 5.75 Å². The number of phosphoric acid groups is 1. The number of carboxylic acid groups (broad SMARTS) is 1. The number of carbonyl (C=O) groups is 3. The van der Waals surface area contributed by atoms with Crippen molar-refractivity contribution < 1.29 is 52.2 Å². The zero-order valence-electron chi connectivity index (χ0n) is 14.7. The zero-order valence-corrected chi connectivity index (χ0v) is 15.6. The largest absolute Gasteiger partial charge is 0.530 e. The Morgan fingerprint density at radius 1 is 1.11 bits per heavy atom. The Hall–Kier alpha value is -2.46. The Balaban J connectivity index is 2.03. The number of hydrogen-bond acceptors (Lipinski definition) is 10. The monoisotopic (exact) mass is 418 g/mol. The Morgan fingerprint density at radius 3 is 2.46 bits per heavy atom. The highest BCUT2D eigenvalue weighted by Crippen LogP contribution is 2.52. The van der Waals surface area contributed by atoms with Crippen LogP contribution in [0.2, 0.25) is 0 Å². The lowest BCUT2D eigenvalue weighted by atomic mass is 10.1. The van der Waals surface area contributed by atoms with Crippen molar-refractivity contribution in [1.29, 1.82) is 0 Å². The molecular weight excluding hydrogens is 399 g/mol. The van der Waals surface area contributed by atoms with Crippen molar-refractivity contribution in [1.82, 2.24) is 0 Å². The fourth-order valence-electron chi connectivity index (χ4n) is 2.04. The minimum Gasteiger partial charge on any atom is -0.481 e. The van der Waals surface area contributed by atoms with Gasteiger partial charge in [-0.15, -0.1) is 0 Å². The topological polar surface area (TPSA) is 155 Å². The number of carbonyl (C=O) groups excluding carboxylic acids is 2. The van der Waals surface area contributed by atoms with Gasteiger partial charge in [0.2, 0.25) is 6.79 Å². The number of aliphatic hydroxyl groups excluding tert-OH is 1. The lowest BCUT2D eigenvalue weighted by Gasteiger charge is -2.23. The Kier molecular flexibility index (Phi) is 7.94. The van der Waals surface area contributed by atoms with E-state index < -0.39 is 38.9 Å². The predicted molar refractivity (Wildman–Crippen MR) is 90.4 cm³/mol. The Bertz CT molecular complexity index is 766. The van der Waals surface area contributed by atoms with Crippen LogP contribution in [0.4, 0.5) is 0 Å². The van der Waals surface area contributed by atoms with E-state index in [9.17, 15) is 24.1 Å². The van der Waals surface area contributed by atoms with Gasteiger partial charge in [-0.3, -0.25) is 18.6 Å². The number of rotatable bonds is 9. The van der Waals surface area contributed by atoms with Gasteiger partial charge in [-0.25, -0.2) is 9.36 Å². The average molecular weight is 418 g/mol. The molecule has 0 spiro atoms. The molecular formula is C16H19O11P. The van der Waals surface area contributed by atoms with E-state index in [1.165, 1.54) is 18.2 Å². The number of aliphatic carboxylic acids is 1. The quantitative estimate of drug-likeness (QED) is 0.341. The van der Waals surface area contributed by atoms with E-state index in [0.717, 1.165) is 0 Å². The Morgan fingerprint density at radius 2 is 1.82 bits per heavy atom. The van der Waals surface area contributed by atoms with Crippen molar-refractivity contribution >= 4 is 25.7 Å². The van der Waals surface area contributed by atoms with Crippen LogP contribution in [0.1, 0.15) is 35.2 Å². The number of phosphoric ester groups is 1. The molecule has 1 aromatic rings. The maximum atomic E-state index is 12.4. The average Bonchev–Trinajstić information content (AvgIpc) is 2.66. The number of benzene rings is 1. The van der Waals surface area contributed by atoms with Crippen LogP contribution in [0.3, 0.4) is 0 Å². The number of aliphatic hydroxyl groups is 1. The molecule has 0 radical (unpaired) electrons. The van der Waals surface area contributed by atoms with Crippen molar-refractivity contribution in [3.8, 4) is 5.75 Å². The van der Waals surface area contributed by atoms with E-state index in [-0.39, 0.29) is 37.6 Å². The van der Waals surface area contributed by atoms with Crippen LogP contribution in [0.25, 0.3) is 0 Å². The first-order valence-corrected chi connectivity index (χ1v) is 9.66. The van der Waals surface area contributed by atoms with Gasteiger partial charge in [0, 0.05) is 0 Å². The van der Waals surface area contributed by atoms with Gasteiger partial charge in [0.05, 0.1) is 32.7 Å². The second kappa shape index (κ2) is 10.2. The van der Waals surface area contributed by atoms with Crippen molar-refractivity contribution in [3.05, 3.63) is 29.3 Å². The number of hydrogen-bond donors (Lipinski definition) is 2. The second-order valence-corrected chi connectivity index (χ2v) is 7.10. The van der Waals surface area contributed by atoms with E-state index in [0.29, 0.717) is 12.0 Å². The van der Waals surface area contributed by atoms with Crippen LogP contribution >= 0.6 is 7.82 Å². The summed E-state index contributed by atoms with van der Waals surface area (Å²) in [5, 5.41) is 17.7. The summed E-state index contributed by atoms with van der Waals surface area (Å²) in [6.45, 7) is -0.809. The van der Waals surface area contributed by atoms with Crippen LogP contribution in [0, 0.1) is 0 Å². The molecule has 0 aromatic heterocycles. The minimum absolute atomic E-state index is 0.162. The lowest BCUT2D eigenvalue weighted by molar-refractivity contribution is -0.154. The number of esters is 2. The standard InChI is InChI=1S/C16H19O11P/c17-9-11-2-3-13(27-28(22)25-6-1-7-26-28)12(8-11)16(21)24-10-23-15(20)5-4-14(18)19/h2-3,8,17H,1,4-7,9-10H2,(H,18,19). The third-order valence-electron chi connectivity index (χ3n) is 3.40. The van der Waals surface area contributed by atoms with Crippen molar-refractivity contribution in [2.45, 2.75) is 25.9 Å². The molecule has 0 unspecified atom stereocenters. The molecule has 11 nitrogen and oxygen atoms in total. The molecule has 154 valence electrons. The van der Waals surface area contributed by atoms with Gasteiger partial charge in [-0.2, -0.15) is 0 Å². The third-order valence-corrected chi connectivity index (χ3v) is 4.81. The van der Waals surface area contributed by atoms with Gasteiger partial charge in [0.1, 0.15) is 11.3 Å². The molecule has 1 aliphatic heterocycles. The highest BCUT2D eigenvalue weighted by molar-refractivity contribution is 7.49. The van der Waals surface area contributed by atoms with Gasteiger partial charge in [-0.05, 0) is 24.1 Å². The van der Waals surface area contributed by atoms with Crippen molar-refractivity contribution in [2.75, 3.05) is 20.0 Å². The second-order valence-electron chi connectivity index (χ2n) is 5.51. The van der Waals surface area contributed by atoms with Gasteiger partial charge in [-0.1, -0.05) is 6.07 Å². The molecule has 1 aromatic carbocycles. The van der Waals surface area contributed by atoms with Crippen LogP contribution in [-0.4, -0.2) is 48.1 Å². The van der Waals surface area contributed by atoms with Gasteiger partial charge in [0.25, 0.3) is 0 Å². The normalized spacial score (nSPS) is 15.5. The third kappa shape index (κ3) is 6.61. The van der Waals surface area contributed by atoms with Gasteiger partial charge in [0.15, 0.2) is 0 Å². The summed E-state index contributed by atoms with van der Waals surface area (Å²) in [6, 6.07) is 3.98. The fraction of sp³-hybridized carbons (Fsp3) is 0.438. The molecule has 0 saturated carbocycles. The van der Waals surface area contributed by atoms with E-state index in [1.54, 1.807) is 0 Å². The molecule has 1 fully saturated rings. The van der Waals surface area contributed by atoms with Crippen molar-refractivity contribution in [3.63, 3.8) is 0 Å². The lowest BCUT2D eigenvalue weighted by Crippen LogP contribution is -2.16. The molecule has 0 aliphatic carbocycles. The summed E-state index contributed by atoms with van der Waals surface area (Å²) in [4.78, 5) is 34.0. The minimum atomic E-state index is -3.90. The molecule has 0 atom stereocenters. The van der Waals surface area contributed by atoms with E-state index >= 15 is 0 Å². The Labute approximate surface area is 159 Å². The number of ether oxygens (including phenoxy) is 2. The number of carboxylic acids is 1. The van der Waals surface area contributed by atoms with Crippen LogP contribution in [0.15, 0.2) is 18.2 Å². The first kappa shape index (κ1) is 21.8. The first-order chi connectivity index (χ1) is 13.3. The molecule has 2 rings (SSSR count). The molecule has 12 heteroatoms. The smallest absolute Gasteiger partial charge is 0.481 e. The van der Waals surface area contributed by atoms with Gasteiger partial charge >= 0.3 is 25.7 Å². The predicted octanol–water partition coefficient (Wildman–Crippen LogP) is 1.62. The molecule has 1 saturated heterocycles. The maximum absolute atomic E-state index is 12.4. The summed E-state index contributed by atoms with van der Waals surface area (Å²) < 4.78 is 37.1. The maximum Gasteiger partial charge on any atom is 0.530 e. The molecule has 1 heterocycles. The van der Waals surface area contributed by atoms with Crippen molar-refractivity contribution in [2.24, 2.45) is 0 Å². The van der Waals surface area contributed by atoms with Gasteiger partial charge < -0.3 is 24.2 Å². The highest BCUT2D eigenvalue weighted by Gasteiger charge is 2.33. The molecule has 1 aliphatic rings. The van der Waals surface area contributed by atoms with Crippen LogP contribution < -0.4 is 4.52 Å². The van der Waals surface area contributed by atoms with E-state index in [4.69, 9.17) is 23.4 Å². The SMILES string of the molecule is O=C(O)CCC(=O)OCOC(=O)c1cc(CO)ccc1OP1(=O)OCCCO1. The molecule has 0 bridgehead atoms. The summed E-state index contributed by atoms with van der Waals surface area (Å²) in [5.74, 6) is -3.17. The van der Waals surface area contributed by atoms with Crippen LogP contribution in [-0.2, 0) is 39.3 Å². The van der Waals surface area contributed by atoms with E-state index in [1.807, 2.05) is 0 Å². The highest BCUT2D eigenvalue weighted by atomic mass is 31.2. The first-order valence-electron chi connectivity index (χ1n) is 8.20. The molecule has 28 heavy (non-hydrogen) atoms. The molecule has 0 amide bonds. The zero-order chi connectivity index (χ0) is 20.6. The summed E-state index contributed by atoms with van der Waals surface area (Å²) in [6.07, 6.45) is -0.253. The summed E-state index contributed by atoms with van der Waals surface area (Å²) >= 11 is 0. The molecule has 2 N–H and O–H groups in total. The summed E-state index contributed by atoms with van der Waals surface area (Å²) in [7, 11) is -3.90. The fourth-order valence-corrected chi connectivity index (χ4v) is 3.33.